The zero-order valence-electron chi connectivity index (χ0n) is 9.36. The van der Waals surface area contributed by atoms with Crippen molar-refractivity contribution in [1.82, 2.24) is 10.6 Å². The Balaban J connectivity index is 2.37. The van der Waals surface area contributed by atoms with Crippen LogP contribution in [0.5, 0.6) is 0 Å². The molecule has 2 N–H and O–H groups in total. The number of nitriles is 1. The summed E-state index contributed by atoms with van der Waals surface area (Å²) in [4.78, 5) is 11.3. The van der Waals surface area contributed by atoms with Crippen LogP contribution >= 0.6 is 0 Å². The Hall–Kier alpha value is -2.30. The summed E-state index contributed by atoms with van der Waals surface area (Å²) in [5.74, 6) is 2.26. The van der Waals surface area contributed by atoms with Gasteiger partial charge in [-0.1, -0.05) is 18.1 Å². The monoisotopic (exact) mass is 227 g/mol. The quantitative estimate of drug-likeness (QED) is 0.565. The molecule has 0 aliphatic carbocycles. The molecule has 0 aromatic heterocycles. The second-order valence-corrected chi connectivity index (χ2v) is 3.40. The molecule has 1 rings (SSSR count). The van der Waals surface area contributed by atoms with Gasteiger partial charge in [0.2, 0.25) is 5.91 Å². The van der Waals surface area contributed by atoms with Crippen molar-refractivity contribution in [1.29, 1.82) is 5.26 Å². The van der Waals surface area contributed by atoms with Gasteiger partial charge < -0.3 is 5.32 Å². The van der Waals surface area contributed by atoms with Crippen LogP contribution in [-0.2, 0) is 11.3 Å². The molecule has 0 bridgehead atoms. The predicted molar refractivity (Wildman–Crippen MR) is 64.7 cm³/mol. The van der Waals surface area contributed by atoms with E-state index in [1.54, 1.807) is 18.2 Å². The summed E-state index contributed by atoms with van der Waals surface area (Å²) >= 11 is 0. The van der Waals surface area contributed by atoms with Crippen LogP contribution in [0.1, 0.15) is 11.1 Å². The number of nitrogens with zero attached hydrogens (tertiary/aromatic N) is 1. The number of benzene rings is 1. The van der Waals surface area contributed by atoms with E-state index in [2.05, 4.69) is 16.6 Å². The summed E-state index contributed by atoms with van der Waals surface area (Å²) in [5.41, 5.74) is 1.48. The van der Waals surface area contributed by atoms with Gasteiger partial charge in [-0.2, -0.15) is 5.26 Å². The van der Waals surface area contributed by atoms with E-state index in [9.17, 15) is 4.79 Å². The van der Waals surface area contributed by atoms with Crippen LogP contribution in [0.3, 0.4) is 0 Å². The minimum absolute atomic E-state index is 0.123. The Bertz CT molecular complexity index is 468. The number of rotatable bonds is 5. The Kier molecular flexibility index (Phi) is 5.30. The van der Waals surface area contributed by atoms with E-state index in [1.807, 2.05) is 12.1 Å². The van der Waals surface area contributed by atoms with E-state index < -0.39 is 0 Å². The number of carbonyl (C=O) groups excluding carboxylic acids is 1. The van der Waals surface area contributed by atoms with E-state index in [0.29, 0.717) is 18.7 Å². The third-order valence-corrected chi connectivity index (χ3v) is 2.06. The molecule has 0 saturated heterocycles. The van der Waals surface area contributed by atoms with Gasteiger partial charge in [-0.25, -0.2) is 0 Å². The van der Waals surface area contributed by atoms with Gasteiger partial charge in [0.25, 0.3) is 0 Å². The number of carbonyl (C=O) groups is 1. The molecule has 0 radical (unpaired) electrons. The first-order valence-corrected chi connectivity index (χ1v) is 5.16. The number of nitrogens with one attached hydrogen (secondary N) is 2. The number of hydrogen-bond donors (Lipinski definition) is 2. The van der Waals surface area contributed by atoms with Crippen molar-refractivity contribution in [2.45, 2.75) is 6.54 Å². The minimum Gasteiger partial charge on any atom is -0.351 e. The SMILES string of the molecule is C#CCNCC(=O)NCc1cccc(C#N)c1. The second-order valence-electron chi connectivity index (χ2n) is 3.40. The van der Waals surface area contributed by atoms with Gasteiger partial charge in [0.05, 0.1) is 24.7 Å². The van der Waals surface area contributed by atoms with Gasteiger partial charge in [-0.3, -0.25) is 10.1 Å². The maximum Gasteiger partial charge on any atom is 0.234 e. The van der Waals surface area contributed by atoms with Crippen molar-refractivity contribution >= 4 is 5.91 Å². The first-order valence-electron chi connectivity index (χ1n) is 5.16. The third-order valence-electron chi connectivity index (χ3n) is 2.06. The number of hydrogen-bond acceptors (Lipinski definition) is 3. The third kappa shape index (κ3) is 4.83. The smallest absolute Gasteiger partial charge is 0.234 e. The van der Waals surface area contributed by atoms with Gasteiger partial charge in [0.15, 0.2) is 0 Å². The molecule has 0 heterocycles. The molecule has 1 aromatic carbocycles. The van der Waals surface area contributed by atoms with E-state index in [4.69, 9.17) is 11.7 Å². The number of terminal acetylenes is 1. The van der Waals surface area contributed by atoms with E-state index in [0.717, 1.165) is 5.56 Å². The standard InChI is InChI=1S/C13H13N3O/c1-2-6-15-10-13(17)16-9-12-5-3-4-11(7-12)8-14/h1,3-5,7,15H,6,9-10H2,(H,16,17). The van der Waals surface area contributed by atoms with Crippen molar-refractivity contribution in [3.8, 4) is 18.4 Å². The summed E-state index contributed by atoms with van der Waals surface area (Å²) in [7, 11) is 0. The molecule has 0 aliphatic heterocycles. The summed E-state index contributed by atoms with van der Waals surface area (Å²) in [6, 6.07) is 9.16. The molecule has 0 spiro atoms. The maximum absolute atomic E-state index is 11.3. The zero-order chi connectivity index (χ0) is 12.5. The van der Waals surface area contributed by atoms with Crippen molar-refractivity contribution < 1.29 is 4.79 Å². The van der Waals surface area contributed by atoms with Gasteiger partial charge in [-0.15, -0.1) is 6.42 Å². The van der Waals surface area contributed by atoms with Gasteiger partial charge in [-0.05, 0) is 17.7 Å². The molecule has 1 amide bonds. The average Bonchev–Trinajstić information content (AvgIpc) is 2.37. The average molecular weight is 227 g/mol. The fraction of sp³-hybridized carbons (Fsp3) is 0.231. The van der Waals surface area contributed by atoms with Crippen LogP contribution in [0.4, 0.5) is 0 Å². The van der Waals surface area contributed by atoms with Crippen LogP contribution in [0.25, 0.3) is 0 Å². The topological polar surface area (TPSA) is 64.9 Å². The lowest BCUT2D eigenvalue weighted by atomic mass is 10.1. The first kappa shape index (κ1) is 12.8. The fourth-order valence-electron chi connectivity index (χ4n) is 1.26. The lowest BCUT2D eigenvalue weighted by Gasteiger charge is -2.05. The van der Waals surface area contributed by atoms with Crippen molar-refractivity contribution in [3.05, 3.63) is 35.4 Å². The van der Waals surface area contributed by atoms with Crippen LogP contribution < -0.4 is 10.6 Å². The highest BCUT2D eigenvalue weighted by atomic mass is 16.1. The summed E-state index contributed by atoms with van der Waals surface area (Å²) in [6.45, 7) is 0.978. The predicted octanol–water partition coefficient (Wildman–Crippen LogP) is 0.397. The highest BCUT2D eigenvalue weighted by molar-refractivity contribution is 5.78. The van der Waals surface area contributed by atoms with Crippen molar-refractivity contribution in [2.75, 3.05) is 13.1 Å². The molecular weight excluding hydrogens is 214 g/mol. The van der Waals surface area contributed by atoms with Gasteiger partial charge in [0, 0.05) is 6.54 Å². The van der Waals surface area contributed by atoms with E-state index in [-0.39, 0.29) is 12.5 Å². The minimum atomic E-state index is -0.123. The Morgan fingerprint density at radius 3 is 3.00 bits per heavy atom. The highest BCUT2D eigenvalue weighted by Crippen LogP contribution is 2.03. The molecule has 0 fully saturated rings. The van der Waals surface area contributed by atoms with E-state index >= 15 is 0 Å². The Morgan fingerprint density at radius 2 is 2.29 bits per heavy atom. The van der Waals surface area contributed by atoms with Crippen LogP contribution in [0.2, 0.25) is 0 Å². The molecule has 0 atom stereocenters. The normalized spacial score (nSPS) is 9.06. The van der Waals surface area contributed by atoms with Gasteiger partial charge >= 0.3 is 0 Å². The Labute approximate surface area is 101 Å². The van der Waals surface area contributed by atoms with Crippen LogP contribution in [-0.4, -0.2) is 19.0 Å². The van der Waals surface area contributed by atoms with Gasteiger partial charge in [0.1, 0.15) is 0 Å². The lowest BCUT2D eigenvalue weighted by molar-refractivity contribution is -0.120. The highest BCUT2D eigenvalue weighted by Gasteiger charge is 2.00. The second kappa shape index (κ2) is 7.05. The zero-order valence-corrected chi connectivity index (χ0v) is 9.36. The number of amides is 1. The first-order chi connectivity index (χ1) is 8.26. The van der Waals surface area contributed by atoms with Crippen LogP contribution in [0.15, 0.2) is 24.3 Å². The fourth-order valence-corrected chi connectivity index (χ4v) is 1.26. The molecule has 0 unspecified atom stereocenters. The summed E-state index contributed by atoms with van der Waals surface area (Å²) < 4.78 is 0. The molecule has 4 heteroatoms. The summed E-state index contributed by atoms with van der Waals surface area (Å²) in [6.07, 6.45) is 5.04. The largest absolute Gasteiger partial charge is 0.351 e. The molecule has 0 saturated carbocycles. The molecule has 86 valence electrons. The van der Waals surface area contributed by atoms with Crippen molar-refractivity contribution in [2.24, 2.45) is 0 Å². The van der Waals surface area contributed by atoms with E-state index in [1.165, 1.54) is 0 Å². The van der Waals surface area contributed by atoms with Crippen LogP contribution in [0, 0.1) is 23.7 Å². The molecule has 17 heavy (non-hydrogen) atoms. The molecular formula is C13H13N3O. The Morgan fingerprint density at radius 1 is 1.47 bits per heavy atom. The summed E-state index contributed by atoms with van der Waals surface area (Å²) in [5, 5.41) is 14.2. The maximum atomic E-state index is 11.3. The van der Waals surface area contributed by atoms with Crippen molar-refractivity contribution in [3.63, 3.8) is 0 Å². The molecule has 1 aromatic rings. The lowest BCUT2D eigenvalue weighted by Crippen LogP contribution is -2.33. The molecule has 0 aliphatic rings. The molecule has 4 nitrogen and oxygen atoms in total.